The second-order valence-corrected chi connectivity index (χ2v) is 5.05. The maximum atomic E-state index is 5.67. The lowest BCUT2D eigenvalue weighted by molar-refractivity contribution is 0.115. The van der Waals surface area contributed by atoms with Gasteiger partial charge < -0.3 is 10.1 Å². The molecule has 1 heterocycles. The van der Waals surface area contributed by atoms with E-state index in [4.69, 9.17) is 4.74 Å². The number of hydrogen-bond donors (Lipinski definition) is 1. The molecule has 0 saturated carbocycles. The molecule has 4 unspecified atom stereocenters. The Balaban J connectivity index is 2.42. The van der Waals surface area contributed by atoms with Crippen molar-refractivity contribution in [1.82, 2.24) is 5.32 Å². The van der Waals surface area contributed by atoms with Crippen LogP contribution in [0.1, 0.15) is 47.0 Å². The van der Waals surface area contributed by atoms with E-state index in [-0.39, 0.29) is 0 Å². The van der Waals surface area contributed by atoms with Gasteiger partial charge in [0.2, 0.25) is 0 Å². The molecule has 0 aromatic carbocycles. The van der Waals surface area contributed by atoms with E-state index in [2.05, 4.69) is 33.0 Å². The fraction of sp³-hybridized carbons (Fsp3) is 1.00. The highest BCUT2D eigenvalue weighted by molar-refractivity contribution is 4.83. The lowest BCUT2D eigenvalue weighted by atomic mass is 9.88. The standard InChI is InChI=1S/C13H27NO/c1-5-10(3)7-13(14-6-2)12-8-11(4)15-9-12/h10-14H,5-9H2,1-4H3. The average Bonchev–Trinajstić information content (AvgIpc) is 2.64. The van der Waals surface area contributed by atoms with Gasteiger partial charge in [0.05, 0.1) is 12.7 Å². The second-order valence-electron chi connectivity index (χ2n) is 5.05. The minimum Gasteiger partial charge on any atom is -0.378 e. The predicted octanol–water partition coefficient (Wildman–Crippen LogP) is 2.83. The molecule has 15 heavy (non-hydrogen) atoms. The molecule has 1 aliphatic heterocycles. The monoisotopic (exact) mass is 213 g/mol. The molecule has 1 N–H and O–H groups in total. The molecule has 2 nitrogen and oxygen atoms in total. The average molecular weight is 213 g/mol. The van der Waals surface area contributed by atoms with Gasteiger partial charge in [-0.05, 0) is 32.2 Å². The Morgan fingerprint density at radius 3 is 2.60 bits per heavy atom. The van der Waals surface area contributed by atoms with Crippen molar-refractivity contribution < 1.29 is 4.74 Å². The number of rotatable bonds is 6. The Hall–Kier alpha value is -0.0800. The van der Waals surface area contributed by atoms with Gasteiger partial charge in [-0.1, -0.05) is 27.2 Å². The van der Waals surface area contributed by atoms with E-state index in [0.29, 0.717) is 12.1 Å². The normalized spacial score (nSPS) is 30.4. The highest BCUT2D eigenvalue weighted by Gasteiger charge is 2.29. The van der Waals surface area contributed by atoms with Crippen LogP contribution in [0, 0.1) is 11.8 Å². The molecule has 90 valence electrons. The summed E-state index contributed by atoms with van der Waals surface area (Å²) in [5.41, 5.74) is 0. The van der Waals surface area contributed by atoms with E-state index in [1.165, 1.54) is 19.3 Å². The summed E-state index contributed by atoms with van der Waals surface area (Å²) in [6.07, 6.45) is 4.28. The molecule has 0 amide bonds. The quantitative estimate of drug-likeness (QED) is 0.732. The fourth-order valence-corrected chi connectivity index (χ4v) is 2.44. The highest BCUT2D eigenvalue weighted by atomic mass is 16.5. The summed E-state index contributed by atoms with van der Waals surface area (Å²) < 4.78 is 5.67. The zero-order chi connectivity index (χ0) is 11.3. The smallest absolute Gasteiger partial charge is 0.0551 e. The molecule has 1 rings (SSSR count). The van der Waals surface area contributed by atoms with Crippen LogP contribution in [0.25, 0.3) is 0 Å². The van der Waals surface area contributed by atoms with Crippen LogP contribution in [0.15, 0.2) is 0 Å². The third-order valence-corrected chi connectivity index (χ3v) is 3.62. The van der Waals surface area contributed by atoms with Crippen LogP contribution >= 0.6 is 0 Å². The summed E-state index contributed by atoms with van der Waals surface area (Å²) >= 11 is 0. The van der Waals surface area contributed by atoms with Crippen molar-refractivity contribution in [1.29, 1.82) is 0 Å². The lowest BCUT2D eigenvalue weighted by Gasteiger charge is -2.26. The molecule has 0 aliphatic carbocycles. The zero-order valence-corrected chi connectivity index (χ0v) is 10.8. The minimum absolute atomic E-state index is 0.466. The van der Waals surface area contributed by atoms with Crippen molar-refractivity contribution in [2.45, 2.75) is 59.1 Å². The van der Waals surface area contributed by atoms with Crippen molar-refractivity contribution in [3.8, 4) is 0 Å². The van der Waals surface area contributed by atoms with E-state index < -0.39 is 0 Å². The SMILES string of the molecule is CCNC(CC(C)CC)C1COC(C)C1. The van der Waals surface area contributed by atoms with Crippen molar-refractivity contribution in [3.63, 3.8) is 0 Å². The molecule has 1 aliphatic rings. The van der Waals surface area contributed by atoms with Gasteiger partial charge in [0.15, 0.2) is 0 Å². The molecular weight excluding hydrogens is 186 g/mol. The summed E-state index contributed by atoms with van der Waals surface area (Å²) in [7, 11) is 0. The Bertz CT molecular complexity index is 172. The Kier molecular flexibility index (Phi) is 5.62. The van der Waals surface area contributed by atoms with Gasteiger partial charge in [-0.3, -0.25) is 0 Å². The van der Waals surface area contributed by atoms with Crippen molar-refractivity contribution in [3.05, 3.63) is 0 Å². The van der Waals surface area contributed by atoms with Crippen LogP contribution in [-0.4, -0.2) is 25.3 Å². The lowest BCUT2D eigenvalue weighted by Crippen LogP contribution is -2.37. The Morgan fingerprint density at radius 2 is 2.13 bits per heavy atom. The molecule has 0 radical (unpaired) electrons. The first kappa shape index (κ1) is 13.0. The minimum atomic E-state index is 0.466. The van der Waals surface area contributed by atoms with E-state index in [1.807, 2.05) is 0 Å². The van der Waals surface area contributed by atoms with Gasteiger partial charge in [-0.2, -0.15) is 0 Å². The van der Waals surface area contributed by atoms with Crippen LogP contribution in [0.2, 0.25) is 0 Å². The van der Waals surface area contributed by atoms with Gasteiger partial charge in [0.25, 0.3) is 0 Å². The van der Waals surface area contributed by atoms with Gasteiger partial charge in [-0.15, -0.1) is 0 Å². The first-order chi connectivity index (χ1) is 7.17. The van der Waals surface area contributed by atoms with Crippen LogP contribution in [0.5, 0.6) is 0 Å². The summed E-state index contributed by atoms with van der Waals surface area (Å²) in [5, 5.41) is 3.63. The van der Waals surface area contributed by atoms with Crippen LogP contribution in [0.3, 0.4) is 0 Å². The van der Waals surface area contributed by atoms with Crippen LogP contribution in [-0.2, 0) is 4.74 Å². The number of ether oxygens (including phenoxy) is 1. The highest BCUT2D eigenvalue weighted by Crippen LogP contribution is 2.26. The van der Waals surface area contributed by atoms with E-state index in [0.717, 1.165) is 25.0 Å². The van der Waals surface area contributed by atoms with Gasteiger partial charge in [-0.25, -0.2) is 0 Å². The maximum absolute atomic E-state index is 5.67. The molecular formula is C13H27NO. The van der Waals surface area contributed by atoms with Gasteiger partial charge in [0.1, 0.15) is 0 Å². The molecule has 2 heteroatoms. The first-order valence-electron chi connectivity index (χ1n) is 6.52. The van der Waals surface area contributed by atoms with Crippen LogP contribution in [0.4, 0.5) is 0 Å². The molecule has 0 aromatic heterocycles. The van der Waals surface area contributed by atoms with Gasteiger partial charge in [0, 0.05) is 12.0 Å². The molecule has 1 saturated heterocycles. The molecule has 0 bridgehead atoms. The van der Waals surface area contributed by atoms with E-state index in [9.17, 15) is 0 Å². The third-order valence-electron chi connectivity index (χ3n) is 3.62. The predicted molar refractivity (Wildman–Crippen MR) is 65.1 cm³/mol. The van der Waals surface area contributed by atoms with Crippen molar-refractivity contribution in [2.75, 3.05) is 13.2 Å². The second kappa shape index (κ2) is 6.49. The fourth-order valence-electron chi connectivity index (χ4n) is 2.44. The zero-order valence-electron chi connectivity index (χ0n) is 10.8. The molecule has 0 spiro atoms. The molecule has 1 fully saturated rings. The summed E-state index contributed by atoms with van der Waals surface area (Å²) in [5.74, 6) is 1.55. The Morgan fingerprint density at radius 1 is 1.40 bits per heavy atom. The molecule has 0 aromatic rings. The summed E-state index contributed by atoms with van der Waals surface area (Å²) in [6, 6.07) is 0.662. The van der Waals surface area contributed by atoms with Crippen molar-refractivity contribution in [2.24, 2.45) is 11.8 Å². The third kappa shape index (κ3) is 4.12. The van der Waals surface area contributed by atoms with E-state index >= 15 is 0 Å². The topological polar surface area (TPSA) is 21.3 Å². The molecule has 4 atom stereocenters. The number of nitrogens with one attached hydrogen (secondary N) is 1. The summed E-state index contributed by atoms with van der Waals surface area (Å²) in [6.45, 7) is 11.0. The summed E-state index contributed by atoms with van der Waals surface area (Å²) in [4.78, 5) is 0. The van der Waals surface area contributed by atoms with Crippen molar-refractivity contribution >= 4 is 0 Å². The van der Waals surface area contributed by atoms with E-state index in [1.54, 1.807) is 0 Å². The first-order valence-corrected chi connectivity index (χ1v) is 6.52. The van der Waals surface area contributed by atoms with Gasteiger partial charge >= 0.3 is 0 Å². The largest absolute Gasteiger partial charge is 0.378 e. The number of hydrogen-bond acceptors (Lipinski definition) is 2. The maximum Gasteiger partial charge on any atom is 0.0551 e. The van der Waals surface area contributed by atoms with Crippen LogP contribution < -0.4 is 5.32 Å². The Labute approximate surface area is 94.8 Å².